The van der Waals surface area contributed by atoms with Crippen molar-refractivity contribution >= 4 is 21.8 Å². The van der Waals surface area contributed by atoms with Crippen LogP contribution < -0.4 is 0 Å². The molecule has 23 heavy (non-hydrogen) atoms. The smallest absolute Gasteiger partial charge is 0.246 e. The average Bonchev–Trinajstić information content (AvgIpc) is 2.96. The number of likely N-dealkylation sites (tertiary alicyclic amines) is 1. The predicted molar refractivity (Wildman–Crippen MR) is 90.6 cm³/mol. The summed E-state index contributed by atoms with van der Waals surface area (Å²) >= 11 is 3.40. The molecule has 0 saturated carbocycles. The van der Waals surface area contributed by atoms with Gasteiger partial charge in [-0.2, -0.15) is 4.80 Å². The number of aromatic nitrogens is 4. The highest BCUT2D eigenvalue weighted by atomic mass is 79.9. The van der Waals surface area contributed by atoms with Crippen LogP contribution in [0.25, 0.3) is 11.4 Å². The Hall–Kier alpha value is -1.76. The molecule has 0 radical (unpaired) electrons. The third kappa shape index (κ3) is 3.60. The SMILES string of the molecule is CC1CCCC(C)N1C(=O)Cn1nnc(-c2ccc(Br)cc2)n1. The molecule has 1 fully saturated rings. The fourth-order valence-corrected chi connectivity index (χ4v) is 3.40. The van der Waals surface area contributed by atoms with Crippen LogP contribution in [-0.4, -0.2) is 43.1 Å². The lowest BCUT2D eigenvalue weighted by Crippen LogP contribution is -2.48. The summed E-state index contributed by atoms with van der Waals surface area (Å²) in [5.41, 5.74) is 0.881. The monoisotopic (exact) mass is 377 g/mol. The minimum absolute atomic E-state index is 0.0597. The fraction of sp³-hybridized carbons (Fsp3) is 0.500. The van der Waals surface area contributed by atoms with E-state index in [9.17, 15) is 4.79 Å². The number of hydrogen-bond donors (Lipinski definition) is 0. The molecule has 1 saturated heterocycles. The molecule has 122 valence electrons. The van der Waals surface area contributed by atoms with Crippen LogP contribution in [0.15, 0.2) is 28.7 Å². The Bertz CT molecular complexity index is 674. The van der Waals surface area contributed by atoms with E-state index in [1.165, 1.54) is 11.2 Å². The molecule has 1 aliphatic rings. The second-order valence-corrected chi connectivity index (χ2v) is 7.00. The number of tetrazole rings is 1. The molecule has 2 heterocycles. The molecule has 2 atom stereocenters. The molecule has 6 nitrogen and oxygen atoms in total. The Balaban J connectivity index is 1.71. The van der Waals surface area contributed by atoms with E-state index in [-0.39, 0.29) is 24.5 Å². The van der Waals surface area contributed by atoms with Gasteiger partial charge < -0.3 is 4.90 Å². The van der Waals surface area contributed by atoms with Crippen LogP contribution >= 0.6 is 15.9 Å². The Morgan fingerprint density at radius 2 is 1.87 bits per heavy atom. The van der Waals surface area contributed by atoms with Gasteiger partial charge in [-0.25, -0.2) is 0 Å². The highest BCUT2D eigenvalue weighted by Gasteiger charge is 2.29. The zero-order chi connectivity index (χ0) is 16.4. The molecule has 0 N–H and O–H groups in total. The number of carbonyl (C=O) groups excluding carboxylic acids is 1. The highest BCUT2D eigenvalue weighted by molar-refractivity contribution is 9.10. The van der Waals surface area contributed by atoms with Crippen molar-refractivity contribution in [3.63, 3.8) is 0 Å². The summed E-state index contributed by atoms with van der Waals surface area (Å²) in [4.78, 5) is 15.9. The number of benzene rings is 1. The molecule has 2 unspecified atom stereocenters. The van der Waals surface area contributed by atoms with E-state index < -0.39 is 0 Å². The zero-order valence-corrected chi connectivity index (χ0v) is 14.9. The first-order valence-electron chi connectivity index (χ1n) is 7.89. The molecule has 1 aliphatic heterocycles. The Morgan fingerprint density at radius 3 is 2.52 bits per heavy atom. The van der Waals surface area contributed by atoms with Crippen molar-refractivity contribution in [2.45, 2.75) is 51.7 Å². The molecular weight excluding hydrogens is 358 g/mol. The van der Waals surface area contributed by atoms with E-state index in [4.69, 9.17) is 0 Å². The van der Waals surface area contributed by atoms with Crippen molar-refractivity contribution in [2.75, 3.05) is 0 Å². The third-order valence-corrected chi connectivity index (χ3v) is 4.84. The van der Waals surface area contributed by atoms with Crippen molar-refractivity contribution in [1.82, 2.24) is 25.1 Å². The van der Waals surface area contributed by atoms with Crippen molar-refractivity contribution < 1.29 is 4.79 Å². The van der Waals surface area contributed by atoms with Gasteiger partial charge in [0.05, 0.1) is 0 Å². The van der Waals surface area contributed by atoms with Gasteiger partial charge in [0.2, 0.25) is 11.7 Å². The summed E-state index contributed by atoms with van der Waals surface area (Å²) in [7, 11) is 0. The Kier molecular flexibility index (Phi) is 4.75. The summed E-state index contributed by atoms with van der Waals surface area (Å²) in [6, 6.07) is 8.25. The molecule has 1 aromatic heterocycles. The number of hydrogen-bond acceptors (Lipinski definition) is 4. The molecule has 0 bridgehead atoms. The molecule has 7 heteroatoms. The van der Waals surface area contributed by atoms with Crippen LogP contribution in [0.4, 0.5) is 0 Å². The summed E-state index contributed by atoms with van der Waals surface area (Å²) < 4.78 is 0.997. The van der Waals surface area contributed by atoms with Gasteiger partial charge >= 0.3 is 0 Å². The summed E-state index contributed by atoms with van der Waals surface area (Å²) in [6.07, 6.45) is 3.30. The Morgan fingerprint density at radius 1 is 1.22 bits per heavy atom. The molecule has 3 rings (SSSR count). The van der Waals surface area contributed by atoms with Crippen LogP contribution in [0.2, 0.25) is 0 Å². The zero-order valence-electron chi connectivity index (χ0n) is 13.3. The number of halogens is 1. The quantitative estimate of drug-likeness (QED) is 0.824. The molecule has 1 aromatic carbocycles. The van der Waals surface area contributed by atoms with E-state index in [2.05, 4.69) is 45.2 Å². The first-order valence-corrected chi connectivity index (χ1v) is 8.69. The lowest BCUT2D eigenvalue weighted by molar-refractivity contribution is -0.138. The largest absolute Gasteiger partial charge is 0.336 e. The number of nitrogens with zero attached hydrogens (tertiary/aromatic N) is 5. The number of carbonyl (C=O) groups is 1. The lowest BCUT2D eigenvalue weighted by Gasteiger charge is -2.38. The van der Waals surface area contributed by atoms with E-state index in [1.807, 2.05) is 29.2 Å². The number of amides is 1. The van der Waals surface area contributed by atoms with Gasteiger partial charge in [0.15, 0.2) is 0 Å². The van der Waals surface area contributed by atoms with Crippen molar-refractivity contribution in [2.24, 2.45) is 0 Å². The molecular formula is C16H20BrN5O. The van der Waals surface area contributed by atoms with Gasteiger partial charge in [-0.05, 0) is 62.6 Å². The summed E-state index contributed by atoms with van der Waals surface area (Å²) in [5, 5.41) is 12.4. The predicted octanol–water partition coefficient (Wildman–Crippen LogP) is 2.89. The first kappa shape index (κ1) is 16.1. The molecule has 1 amide bonds. The van der Waals surface area contributed by atoms with Gasteiger partial charge in [-0.1, -0.05) is 15.9 Å². The van der Waals surface area contributed by atoms with Crippen molar-refractivity contribution in [1.29, 1.82) is 0 Å². The molecule has 0 aliphatic carbocycles. The topological polar surface area (TPSA) is 63.9 Å². The van der Waals surface area contributed by atoms with Crippen LogP contribution in [0.3, 0.4) is 0 Å². The summed E-state index contributed by atoms with van der Waals surface area (Å²) in [6.45, 7) is 4.35. The lowest BCUT2D eigenvalue weighted by atomic mass is 9.97. The van der Waals surface area contributed by atoms with Gasteiger partial charge in [0.1, 0.15) is 6.54 Å². The number of rotatable bonds is 3. The van der Waals surface area contributed by atoms with E-state index >= 15 is 0 Å². The third-order valence-electron chi connectivity index (χ3n) is 4.31. The molecule has 0 spiro atoms. The minimum atomic E-state index is 0.0597. The van der Waals surface area contributed by atoms with E-state index in [1.54, 1.807) is 0 Å². The first-order chi connectivity index (χ1) is 11.0. The second kappa shape index (κ2) is 6.78. The van der Waals surface area contributed by atoms with Gasteiger partial charge in [0, 0.05) is 22.1 Å². The van der Waals surface area contributed by atoms with Gasteiger partial charge in [-0.3, -0.25) is 4.79 Å². The maximum Gasteiger partial charge on any atom is 0.246 e. The highest BCUT2D eigenvalue weighted by Crippen LogP contribution is 2.23. The van der Waals surface area contributed by atoms with E-state index in [0.717, 1.165) is 22.9 Å². The van der Waals surface area contributed by atoms with Gasteiger partial charge in [0.25, 0.3) is 0 Å². The van der Waals surface area contributed by atoms with Crippen LogP contribution in [-0.2, 0) is 11.3 Å². The second-order valence-electron chi connectivity index (χ2n) is 6.08. The standard InChI is InChI=1S/C16H20BrN5O/c1-11-4-3-5-12(2)22(11)15(23)10-21-19-16(18-20-21)13-6-8-14(17)9-7-13/h6-9,11-12H,3-5,10H2,1-2H3. The average molecular weight is 378 g/mol. The maximum absolute atomic E-state index is 12.6. The van der Waals surface area contributed by atoms with Crippen LogP contribution in [0.1, 0.15) is 33.1 Å². The normalized spacial score (nSPS) is 21.4. The van der Waals surface area contributed by atoms with Crippen molar-refractivity contribution in [3.05, 3.63) is 28.7 Å². The van der Waals surface area contributed by atoms with Crippen molar-refractivity contribution in [3.8, 4) is 11.4 Å². The number of piperidine rings is 1. The van der Waals surface area contributed by atoms with Gasteiger partial charge in [-0.15, -0.1) is 10.2 Å². The maximum atomic E-state index is 12.6. The van der Waals surface area contributed by atoms with E-state index in [0.29, 0.717) is 5.82 Å². The minimum Gasteiger partial charge on any atom is -0.336 e. The fourth-order valence-electron chi connectivity index (χ4n) is 3.14. The summed E-state index contributed by atoms with van der Waals surface area (Å²) in [5.74, 6) is 0.592. The van der Waals surface area contributed by atoms with Crippen LogP contribution in [0.5, 0.6) is 0 Å². The molecule has 2 aromatic rings. The Labute approximate surface area is 144 Å². The van der Waals surface area contributed by atoms with Crippen LogP contribution in [0, 0.1) is 0 Å².